The van der Waals surface area contributed by atoms with Crippen molar-refractivity contribution in [1.29, 1.82) is 0 Å². The number of hydrogen-bond donors (Lipinski definition) is 2. The Bertz CT molecular complexity index is 433. The zero-order valence-electron chi connectivity index (χ0n) is 9.67. The van der Waals surface area contributed by atoms with Gasteiger partial charge in [-0.05, 0) is 18.5 Å². The number of rotatable bonds is 4. The lowest BCUT2D eigenvalue weighted by molar-refractivity contribution is -0.136. The van der Waals surface area contributed by atoms with Gasteiger partial charge < -0.3 is 15.8 Å². The maximum atomic E-state index is 12.2. The van der Waals surface area contributed by atoms with E-state index in [2.05, 4.69) is 14.4 Å². The Balaban J connectivity index is 2.82. The fourth-order valence-electron chi connectivity index (χ4n) is 1.32. The summed E-state index contributed by atoms with van der Waals surface area (Å²) in [5.74, 6) is -0.795. The highest BCUT2D eigenvalue weighted by molar-refractivity contribution is 7.11. The summed E-state index contributed by atoms with van der Waals surface area (Å²) in [6.07, 6.45) is -5.31. The van der Waals surface area contributed by atoms with Crippen molar-refractivity contribution in [1.82, 2.24) is 4.37 Å². The van der Waals surface area contributed by atoms with Crippen molar-refractivity contribution in [2.75, 3.05) is 18.2 Å². The van der Waals surface area contributed by atoms with E-state index < -0.39 is 24.6 Å². The first-order chi connectivity index (χ1) is 8.24. The highest BCUT2D eigenvalue weighted by atomic mass is 32.1. The van der Waals surface area contributed by atoms with Gasteiger partial charge in [0.1, 0.15) is 10.6 Å². The summed E-state index contributed by atoms with van der Waals surface area (Å²) < 4.78 is 44.7. The molecule has 5 nitrogen and oxygen atoms in total. The van der Waals surface area contributed by atoms with Crippen molar-refractivity contribution < 1.29 is 22.7 Å². The van der Waals surface area contributed by atoms with Crippen LogP contribution in [0.2, 0.25) is 0 Å². The molecular formula is C9H12F3N3O2S. The normalized spacial score (nSPS) is 13.2. The maximum Gasteiger partial charge on any atom is 0.391 e. The molecule has 0 amide bonds. The van der Waals surface area contributed by atoms with Gasteiger partial charge in [0.25, 0.3) is 0 Å². The highest BCUT2D eigenvalue weighted by Gasteiger charge is 2.31. The van der Waals surface area contributed by atoms with Gasteiger partial charge >= 0.3 is 12.1 Å². The minimum atomic E-state index is -4.28. The number of aromatic nitrogens is 1. The van der Waals surface area contributed by atoms with E-state index in [1.807, 2.05) is 0 Å². The molecule has 102 valence electrons. The van der Waals surface area contributed by atoms with Gasteiger partial charge in [0.2, 0.25) is 0 Å². The quantitative estimate of drug-likeness (QED) is 0.829. The fourth-order valence-corrected chi connectivity index (χ4v) is 2.14. The van der Waals surface area contributed by atoms with Gasteiger partial charge in [0, 0.05) is 6.04 Å². The van der Waals surface area contributed by atoms with Crippen LogP contribution in [0.25, 0.3) is 0 Å². The second-order valence-corrected chi connectivity index (χ2v) is 4.40. The first-order valence-corrected chi connectivity index (χ1v) is 5.68. The molecule has 0 fully saturated rings. The van der Waals surface area contributed by atoms with Crippen LogP contribution in [-0.4, -0.2) is 29.7 Å². The summed E-state index contributed by atoms with van der Waals surface area (Å²) in [7, 11) is 1.16. The summed E-state index contributed by atoms with van der Waals surface area (Å²) in [4.78, 5) is 11.4. The van der Waals surface area contributed by atoms with Gasteiger partial charge in [-0.3, -0.25) is 0 Å². The molecule has 0 spiro atoms. The number of methoxy groups -OCH3 is 1. The standard InChI is InChI=1S/C9H12F3N3O2S/c1-4(3-9(10,11)12)14-7-5(8(16)17-2)6(13)15-18-7/h4,14H,3H2,1-2H3,(H2,13,15). The zero-order chi connectivity index (χ0) is 13.9. The average molecular weight is 283 g/mol. The van der Waals surface area contributed by atoms with Gasteiger partial charge in [-0.15, -0.1) is 0 Å². The molecule has 1 unspecified atom stereocenters. The van der Waals surface area contributed by atoms with E-state index in [-0.39, 0.29) is 16.4 Å². The van der Waals surface area contributed by atoms with Crippen molar-refractivity contribution in [2.24, 2.45) is 0 Å². The number of alkyl halides is 3. The van der Waals surface area contributed by atoms with Crippen LogP contribution >= 0.6 is 11.5 Å². The second-order valence-electron chi connectivity index (χ2n) is 3.63. The number of nitrogens with two attached hydrogens (primary N) is 1. The van der Waals surface area contributed by atoms with E-state index in [4.69, 9.17) is 5.73 Å². The molecule has 1 aromatic rings. The van der Waals surface area contributed by atoms with Gasteiger partial charge in [0.15, 0.2) is 5.82 Å². The molecule has 1 rings (SSSR count). The molecule has 3 N–H and O–H groups in total. The van der Waals surface area contributed by atoms with Gasteiger partial charge in [-0.25, -0.2) is 4.79 Å². The van der Waals surface area contributed by atoms with Crippen molar-refractivity contribution in [2.45, 2.75) is 25.6 Å². The SMILES string of the molecule is COC(=O)c1c(N)nsc1NC(C)CC(F)(F)F. The van der Waals surface area contributed by atoms with E-state index >= 15 is 0 Å². The summed E-state index contributed by atoms with van der Waals surface area (Å²) in [5, 5.41) is 2.74. The first kappa shape index (κ1) is 14.6. The number of hydrogen-bond acceptors (Lipinski definition) is 6. The smallest absolute Gasteiger partial charge is 0.391 e. The Morgan fingerprint density at radius 3 is 2.72 bits per heavy atom. The molecule has 0 aliphatic rings. The fraction of sp³-hybridized carbons (Fsp3) is 0.556. The number of ether oxygens (including phenoxy) is 1. The van der Waals surface area contributed by atoms with Crippen molar-refractivity contribution in [3.8, 4) is 0 Å². The van der Waals surface area contributed by atoms with E-state index in [0.29, 0.717) is 0 Å². The summed E-state index contributed by atoms with van der Waals surface area (Å²) in [5.41, 5.74) is 5.43. The minimum Gasteiger partial charge on any atom is -0.465 e. The van der Waals surface area contributed by atoms with E-state index in [1.54, 1.807) is 0 Å². The number of carbonyl (C=O) groups is 1. The monoisotopic (exact) mass is 283 g/mol. The lowest BCUT2D eigenvalue weighted by Gasteiger charge is -2.16. The summed E-state index contributed by atoms with van der Waals surface area (Å²) >= 11 is 0.820. The van der Waals surface area contributed by atoms with Crippen LogP contribution < -0.4 is 11.1 Å². The van der Waals surface area contributed by atoms with E-state index in [0.717, 1.165) is 18.6 Å². The molecule has 18 heavy (non-hydrogen) atoms. The second kappa shape index (κ2) is 5.42. The number of esters is 1. The third-order valence-corrected chi connectivity index (χ3v) is 2.82. The highest BCUT2D eigenvalue weighted by Crippen LogP contribution is 2.30. The van der Waals surface area contributed by atoms with Crippen LogP contribution in [0.3, 0.4) is 0 Å². The van der Waals surface area contributed by atoms with Crippen molar-refractivity contribution in [3.63, 3.8) is 0 Å². The van der Waals surface area contributed by atoms with Crippen LogP contribution in [0.5, 0.6) is 0 Å². The number of carbonyl (C=O) groups excluding carboxylic acids is 1. The third-order valence-electron chi connectivity index (χ3n) is 2.02. The number of nitrogens with one attached hydrogen (secondary N) is 1. The number of halogens is 3. The van der Waals surface area contributed by atoms with Crippen LogP contribution in [-0.2, 0) is 4.74 Å². The molecule has 0 saturated heterocycles. The molecule has 1 heterocycles. The Kier molecular flexibility index (Phi) is 4.38. The summed E-state index contributed by atoms with van der Waals surface area (Å²) in [6.45, 7) is 1.35. The van der Waals surface area contributed by atoms with Gasteiger partial charge in [-0.2, -0.15) is 17.5 Å². The Morgan fingerprint density at radius 2 is 2.22 bits per heavy atom. The van der Waals surface area contributed by atoms with Crippen LogP contribution in [0.4, 0.5) is 24.0 Å². The Hall–Kier alpha value is -1.51. The molecular weight excluding hydrogens is 271 g/mol. The molecule has 9 heteroatoms. The molecule has 0 radical (unpaired) electrons. The Morgan fingerprint density at radius 1 is 1.61 bits per heavy atom. The van der Waals surface area contributed by atoms with E-state index in [9.17, 15) is 18.0 Å². The topological polar surface area (TPSA) is 77.2 Å². The van der Waals surface area contributed by atoms with Crippen LogP contribution in [0.15, 0.2) is 0 Å². The summed E-state index contributed by atoms with van der Waals surface area (Å²) in [6, 6.07) is -0.895. The number of nitrogens with zero attached hydrogens (tertiary/aromatic N) is 1. The molecule has 0 aliphatic carbocycles. The lowest BCUT2D eigenvalue weighted by atomic mass is 10.2. The maximum absolute atomic E-state index is 12.2. The predicted molar refractivity (Wildman–Crippen MR) is 61.6 cm³/mol. The molecule has 0 saturated carbocycles. The number of anilines is 2. The molecule has 1 atom stereocenters. The Labute approximate surface area is 105 Å². The molecule has 1 aromatic heterocycles. The number of nitrogen functional groups attached to an aromatic ring is 1. The molecule has 0 aliphatic heterocycles. The van der Waals surface area contributed by atoms with Gasteiger partial charge in [-0.1, -0.05) is 0 Å². The molecule has 0 aromatic carbocycles. The predicted octanol–water partition coefficient (Wildman–Crippen LogP) is 2.26. The van der Waals surface area contributed by atoms with Crippen LogP contribution in [0, 0.1) is 0 Å². The first-order valence-electron chi connectivity index (χ1n) is 4.91. The third kappa shape index (κ3) is 3.76. The van der Waals surface area contributed by atoms with Crippen molar-refractivity contribution >= 4 is 28.3 Å². The van der Waals surface area contributed by atoms with Crippen LogP contribution in [0.1, 0.15) is 23.7 Å². The largest absolute Gasteiger partial charge is 0.465 e. The lowest BCUT2D eigenvalue weighted by Crippen LogP contribution is -2.24. The average Bonchev–Trinajstić information content (AvgIpc) is 2.56. The molecule has 0 bridgehead atoms. The van der Waals surface area contributed by atoms with E-state index in [1.165, 1.54) is 6.92 Å². The van der Waals surface area contributed by atoms with Crippen molar-refractivity contribution in [3.05, 3.63) is 5.56 Å². The zero-order valence-corrected chi connectivity index (χ0v) is 10.5. The van der Waals surface area contributed by atoms with Gasteiger partial charge in [0.05, 0.1) is 13.5 Å². The minimum absolute atomic E-state index is 0.0310.